The Kier molecular flexibility index (Phi) is 4.91. The van der Waals surface area contributed by atoms with Gasteiger partial charge in [-0.2, -0.15) is 0 Å². The molecule has 0 saturated heterocycles. The van der Waals surface area contributed by atoms with Crippen LogP contribution in [0, 0.1) is 5.41 Å². The van der Waals surface area contributed by atoms with Gasteiger partial charge >= 0.3 is 5.97 Å². The standard InChI is InChI=1S/C9H16O3S/c1-5-7(13)11-6-12-8(10)9(2,3)4/h5-6H2,1-4H3. The van der Waals surface area contributed by atoms with Gasteiger partial charge in [-0.15, -0.1) is 0 Å². The molecule has 0 aromatic carbocycles. The molecule has 0 aromatic heterocycles. The molecule has 0 atom stereocenters. The summed E-state index contributed by atoms with van der Waals surface area (Å²) in [5, 5.41) is 0.460. The van der Waals surface area contributed by atoms with Crippen molar-refractivity contribution >= 4 is 23.2 Å². The van der Waals surface area contributed by atoms with Crippen molar-refractivity contribution in [3.05, 3.63) is 0 Å². The van der Waals surface area contributed by atoms with Crippen molar-refractivity contribution in [2.75, 3.05) is 6.79 Å². The van der Waals surface area contributed by atoms with E-state index in [0.717, 1.165) is 0 Å². The van der Waals surface area contributed by atoms with E-state index in [-0.39, 0.29) is 12.8 Å². The summed E-state index contributed by atoms with van der Waals surface area (Å²) < 4.78 is 9.78. The molecule has 0 aliphatic rings. The molecule has 0 N–H and O–H groups in total. The highest BCUT2D eigenvalue weighted by atomic mass is 32.1. The number of carbonyl (C=O) groups is 1. The largest absolute Gasteiger partial charge is 0.451 e. The highest BCUT2D eigenvalue weighted by molar-refractivity contribution is 7.80. The zero-order chi connectivity index (χ0) is 10.5. The summed E-state index contributed by atoms with van der Waals surface area (Å²) in [6.07, 6.45) is 0.655. The SMILES string of the molecule is CCC(=S)OCOC(=O)C(C)(C)C. The average molecular weight is 204 g/mol. The number of hydrogen-bond acceptors (Lipinski definition) is 4. The maximum Gasteiger partial charge on any atom is 0.314 e. The Labute approximate surface area is 84.4 Å². The Morgan fingerprint density at radius 3 is 2.23 bits per heavy atom. The van der Waals surface area contributed by atoms with E-state index in [4.69, 9.17) is 21.7 Å². The fraction of sp³-hybridized carbons (Fsp3) is 0.778. The first-order chi connectivity index (χ1) is 5.88. The van der Waals surface area contributed by atoms with Gasteiger partial charge in [-0.1, -0.05) is 6.92 Å². The summed E-state index contributed by atoms with van der Waals surface area (Å²) in [6.45, 7) is 7.16. The lowest BCUT2D eigenvalue weighted by molar-refractivity contribution is -0.160. The van der Waals surface area contributed by atoms with E-state index in [1.54, 1.807) is 20.8 Å². The number of hydrogen-bond donors (Lipinski definition) is 0. The lowest BCUT2D eigenvalue weighted by atomic mass is 9.98. The molecule has 13 heavy (non-hydrogen) atoms. The van der Waals surface area contributed by atoms with E-state index in [2.05, 4.69) is 0 Å². The first-order valence-electron chi connectivity index (χ1n) is 4.20. The summed E-state index contributed by atoms with van der Waals surface area (Å²) in [6, 6.07) is 0. The molecule has 0 fully saturated rings. The number of rotatable bonds is 3. The van der Waals surface area contributed by atoms with Crippen LogP contribution < -0.4 is 0 Å². The third-order valence-corrected chi connectivity index (χ3v) is 1.72. The Bertz CT molecular complexity index is 194. The van der Waals surface area contributed by atoms with E-state index in [1.165, 1.54) is 0 Å². The van der Waals surface area contributed by atoms with Crippen LogP contribution >= 0.6 is 12.2 Å². The van der Waals surface area contributed by atoms with Crippen molar-refractivity contribution in [3.8, 4) is 0 Å². The predicted molar refractivity (Wildman–Crippen MR) is 54.4 cm³/mol. The minimum Gasteiger partial charge on any atom is -0.451 e. The van der Waals surface area contributed by atoms with Crippen LogP contribution in [-0.2, 0) is 14.3 Å². The van der Waals surface area contributed by atoms with Crippen molar-refractivity contribution < 1.29 is 14.3 Å². The van der Waals surface area contributed by atoms with Crippen molar-refractivity contribution in [1.82, 2.24) is 0 Å². The van der Waals surface area contributed by atoms with Crippen molar-refractivity contribution in [1.29, 1.82) is 0 Å². The molecule has 0 rings (SSSR count). The van der Waals surface area contributed by atoms with Crippen LogP contribution in [-0.4, -0.2) is 17.8 Å². The second-order valence-corrected chi connectivity index (χ2v) is 4.12. The molecule has 0 heterocycles. The maximum absolute atomic E-state index is 11.2. The number of carbonyl (C=O) groups excluding carboxylic acids is 1. The van der Waals surface area contributed by atoms with Gasteiger partial charge in [-0.25, -0.2) is 0 Å². The first kappa shape index (κ1) is 12.4. The van der Waals surface area contributed by atoms with Crippen LogP contribution in [0.15, 0.2) is 0 Å². The van der Waals surface area contributed by atoms with Crippen LogP contribution in [0.4, 0.5) is 0 Å². The summed E-state index contributed by atoms with van der Waals surface area (Å²) in [4.78, 5) is 11.2. The molecule has 0 unspecified atom stereocenters. The lowest BCUT2D eigenvalue weighted by Crippen LogP contribution is -2.24. The Balaban J connectivity index is 3.67. The molecule has 3 nitrogen and oxygen atoms in total. The molecule has 76 valence electrons. The van der Waals surface area contributed by atoms with E-state index < -0.39 is 5.41 Å². The second kappa shape index (κ2) is 5.17. The maximum atomic E-state index is 11.2. The van der Waals surface area contributed by atoms with Gasteiger partial charge in [0.1, 0.15) is 0 Å². The van der Waals surface area contributed by atoms with Gasteiger partial charge in [0, 0.05) is 6.42 Å². The highest BCUT2D eigenvalue weighted by Crippen LogP contribution is 2.14. The molecule has 0 amide bonds. The van der Waals surface area contributed by atoms with Crippen LogP contribution in [0.3, 0.4) is 0 Å². The van der Waals surface area contributed by atoms with Crippen LogP contribution in [0.2, 0.25) is 0 Å². The normalized spacial score (nSPS) is 10.8. The Morgan fingerprint density at radius 1 is 1.31 bits per heavy atom. The van der Waals surface area contributed by atoms with E-state index >= 15 is 0 Å². The number of ether oxygens (including phenoxy) is 2. The molecule has 0 radical (unpaired) electrons. The predicted octanol–water partition coefficient (Wildman–Crippen LogP) is 2.29. The van der Waals surface area contributed by atoms with Gasteiger partial charge in [-0.3, -0.25) is 4.79 Å². The van der Waals surface area contributed by atoms with E-state index in [1.807, 2.05) is 6.92 Å². The molecule has 0 aromatic rings. The molecular weight excluding hydrogens is 188 g/mol. The van der Waals surface area contributed by atoms with Gasteiger partial charge in [0.15, 0.2) is 5.05 Å². The molecule has 0 bridgehead atoms. The monoisotopic (exact) mass is 204 g/mol. The minimum absolute atomic E-state index is 0.0806. The van der Waals surface area contributed by atoms with Gasteiger partial charge in [-0.05, 0) is 33.0 Å². The molecule has 0 aliphatic carbocycles. The van der Waals surface area contributed by atoms with Crippen LogP contribution in [0.1, 0.15) is 34.1 Å². The number of esters is 1. The van der Waals surface area contributed by atoms with Gasteiger partial charge in [0.05, 0.1) is 5.41 Å². The molecule has 0 aliphatic heterocycles. The quantitative estimate of drug-likeness (QED) is 0.401. The van der Waals surface area contributed by atoms with Gasteiger partial charge in [0.2, 0.25) is 6.79 Å². The van der Waals surface area contributed by atoms with E-state index in [0.29, 0.717) is 11.5 Å². The zero-order valence-electron chi connectivity index (χ0n) is 8.55. The third kappa shape index (κ3) is 5.58. The Morgan fingerprint density at radius 2 is 1.85 bits per heavy atom. The van der Waals surface area contributed by atoms with Gasteiger partial charge in [0.25, 0.3) is 0 Å². The molecular formula is C9H16O3S. The summed E-state index contributed by atoms with van der Waals surface area (Å²) in [5.41, 5.74) is -0.489. The average Bonchev–Trinajstić information content (AvgIpc) is 2.02. The summed E-state index contributed by atoms with van der Waals surface area (Å²) in [5.74, 6) is -0.286. The highest BCUT2D eigenvalue weighted by Gasteiger charge is 2.22. The summed E-state index contributed by atoms with van der Waals surface area (Å²) in [7, 11) is 0. The zero-order valence-corrected chi connectivity index (χ0v) is 9.36. The smallest absolute Gasteiger partial charge is 0.314 e. The fourth-order valence-electron chi connectivity index (χ4n) is 0.467. The Hall–Kier alpha value is -0.640. The third-order valence-electron chi connectivity index (χ3n) is 1.31. The molecule has 4 heteroatoms. The second-order valence-electron chi connectivity index (χ2n) is 3.67. The minimum atomic E-state index is -0.489. The van der Waals surface area contributed by atoms with Gasteiger partial charge < -0.3 is 9.47 Å². The van der Waals surface area contributed by atoms with Crippen LogP contribution in [0.5, 0.6) is 0 Å². The number of thiocarbonyl (C=S) groups is 1. The molecule has 0 spiro atoms. The molecule has 0 saturated carbocycles. The van der Waals surface area contributed by atoms with Crippen LogP contribution in [0.25, 0.3) is 0 Å². The first-order valence-corrected chi connectivity index (χ1v) is 4.61. The van der Waals surface area contributed by atoms with Crippen molar-refractivity contribution in [2.24, 2.45) is 5.41 Å². The van der Waals surface area contributed by atoms with Crippen molar-refractivity contribution in [3.63, 3.8) is 0 Å². The summed E-state index contributed by atoms with van der Waals surface area (Å²) >= 11 is 4.79. The topological polar surface area (TPSA) is 35.5 Å². The fourth-order valence-corrected chi connectivity index (χ4v) is 0.515. The lowest BCUT2D eigenvalue weighted by Gasteiger charge is -2.16. The van der Waals surface area contributed by atoms with Crippen molar-refractivity contribution in [2.45, 2.75) is 34.1 Å². The van der Waals surface area contributed by atoms with E-state index in [9.17, 15) is 4.79 Å².